The first kappa shape index (κ1) is 33.2. The molecule has 0 saturated carbocycles. The van der Waals surface area contributed by atoms with Gasteiger partial charge in [0.1, 0.15) is 11.7 Å². The number of carbonyl (C=O) groups is 2. The molecule has 4 aromatic rings. The molecule has 3 aliphatic heterocycles. The Bertz CT molecular complexity index is 2120. The zero-order valence-corrected chi connectivity index (χ0v) is 27.0. The molecule has 0 bridgehead atoms. The molecule has 50 heavy (non-hydrogen) atoms. The van der Waals surface area contributed by atoms with Gasteiger partial charge in [0.25, 0.3) is 11.5 Å². The molecule has 3 aromatic heterocycles. The number of carbonyl (C=O) groups excluding carboxylic acids is 2. The Balaban J connectivity index is 1.26. The molecule has 1 aromatic carbocycles. The zero-order valence-electron chi connectivity index (χ0n) is 27.0. The lowest BCUT2D eigenvalue weighted by Crippen LogP contribution is -2.51. The number of benzene rings is 1. The fourth-order valence-electron chi connectivity index (χ4n) is 6.81. The summed E-state index contributed by atoms with van der Waals surface area (Å²) >= 11 is 0. The highest BCUT2D eigenvalue weighted by Gasteiger charge is 2.41. The van der Waals surface area contributed by atoms with Gasteiger partial charge in [0.2, 0.25) is 11.7 Å². The standard InChI is InChI=1S/C33H32F4N8O5/c1-17-15-20(33(35,36)37)3-4-22(17)39-29(47)23-16-18(2)25-26(31(49)45-32(44(23)25)40-28(41-45)19-6-13-50-14-7-19)42-9-11-43(12-10-42)30(48)24-27(46)21(34)5-8-38-24/h3-6,8,15,18,23,46H,7,9-14,16H2,1-2H3,(H,39,47)/t18-,23-/m1/s1. The molecule has 2 amide bonds. The number of aryl methyl sites for hydroxylation is 1. The summed E-state index contributed by atoms with van der Waals surface area (Å²) in [7, 11) is 0. The van der Waals surface area contributed by atoms with Gasteiger partial charge in [0.15, 0.2) is 23.1 Å². The van der Waals surface area contributed by atoms with E-state index in [-0.39, 0.29) is 61.2 Å². The average Bonchev–Trinajstić information content (AvgIpc) is 3.69. The quantitative estimate of drug-likeness (QED) is 0.297. The van der Waals surface area contributed by atoms with E-state index in [1.807, 2.05) is 17.9 Å². The van der Waals surface area contributed by atoms with E-state index >= 15 is 0 Å². The van der Waals surface area contributed by atoms with Crippen molar-refractivity contribution in [3.05, 3.63) is 81.0 Å². The van der Waals surface area contributed by atoms with Crippen LogP contribution in [-0.2, 0) is 15.7 Å². The number of fused-ring (bicyclic) bond motifs is 3. The van der Waals surface area contributed by atoms with Crippen LogP contribution < -0.4 is 15.8 Å². The number of nitrogens with zero attached hydrogens (tertiary/aromatic N) is 7. The van der Waals surface area contributed by atoms with Crippen molar-refractivity contribution in [2.24, 2.45) is 0 Å². The van der Waals surface area contributed by atoms with Crippen LogP contribution in [0.25, 0.3) is 11.4 Å². The third-order valence-corrected chi connectivity index (χ3v) is 9.38. The number of anilines is 2. The van der Waals surface area contributed by atoms with Crippen LogP contribution >= 0.6 is 0 Å². The molecular weight excluding hydrogens is 664 g/mol. The molecule has 17 heteroatoms. The Morgan fingerprint density at radius 3 is 2.56 bits per heavy atom. The number of pyridine rings is 1. The topological polar surface area (TPSA) is 147 Å². The summed E-state index contributed by atoms with van der Waals surface area (Å²) in [5, 5.41) is 17.4. The van der Waals surface area contributed by atoms with Crippen molar-refractivity contribution < 1.29 is 37.0 Å². The van der Waals surface area contributed by atoms with Crippen molar-refractivity contribution in [1.82, 2.24) is 29.0 Å². The number of aromatic nitrogens is 5. The van der Waals surface area contributed by atoms with Gasteiger partial charge in [0, 0.05) is 44.0 Å². The van der Waals surface area contributed by atoms with Crippen molar-refractivity contribution in [2.45, 2.75) is 44.8 Å². The number of alkyl halides is 3. The summed E-state index contributed by atoms with van der Waals surface area (Å²) in [5.74, 6) is -2.84. The van der Waals surface area contributed by atoms with Crippen LogP contribution in [0.3, 0.4) is 0 Å². The maximum absolute atomic E-state index is 14.3. The summed E-state index contributed by atoms with van der Waals surface area (Å²) in [6.07, 6.45) is -0.837. The van der Waals surface area contributed by atoms with Crippen molar-refractivity contribution in [3.63, 3.8) is 0 Å². The summed E-state index contributed by atoms with van der Waals surface area (Å²) in [6, 6.07) is 3.14. The molecule has 13 nitrogen and oxygen atoms in total. The third kappa shape index (κ3) is 5.74. The van der Waals surface area contributed by atoms with Gasteiger partial charge < -0.3 is 25.0 Å². The summed E-state index contributed by atoms with van der Waals surface area (Å²) in [4.78, 5) is 53.1. The van der Waals surface area contributed by atoms with Crippen molar-refractivity contribution in [1.29, 1.82) is 0 Å². The Kier molecular flexibility index (Phi) is 8.32. The number of hydrogen-bond donors (Lipinski definition) is 2. The van der Waals surface area contributed by atoms with Gasteiger partial charge in [-0.2, -0.15) is 22.7 Å². The molecule has 0 spiro atoms. The number of rotatable bonds is 5. The molecule has 2 N–H and O–H groups in total. The Morgan fingerprint density at radius 2 is 1.88 bits per heavy atom. The number of nitrogens with one attached hydrogen (secondary N) is 1. The lowest BCUT2D eigenvalue weighted by molar-refractivity contribution is -0.137. The SMILES string of the molecule is Cc1cc(C(F)(F)F)ccc1NC(=O)[C@H]1C[C@@H](C)c2c(N3CCN(C(=O)c4nccc(F)c4O)CC3)c(=O)n3nc(C4=CCOCC4)nc3n21. The summed E-state index contributed by atoms with van der Waals surface area (Å²) in [5.41, 5.74) is 0.339. The van der Waals surface area contributed by atoms with E-state index in [1.54, 1.807) is 4.57 Å². The highest BCUT2D eigenvalue weighted by molar-refractivity contribution is 5.96. The van der Waals surface area contributed by atoms with E-state index in [2.05, 4.69) is 15.4 Å². The van der Waals surface area contributed by atoms with Gasteiger partial charge in [-0.05, 0) is 55.2 Å². The lowest BCUT2D eigenvalue weighted by Gasteiger charge is -2.36. The van der Waals surface area contributed by atoms with Crippen LogP contribution in [0.1, 0.15) is 64.9 Å². The van der Waals surface area contributed by atoms with E-state index in [0.29, 0.717) is 31.2 Å². The Labute approximate surface area is 281 Å². The number of amides is 2. The van der Waals surface area contributed by atoms with Crippen molar-refractivity contribution in [3.8, 4) is 5.75 Å². The van der Waals surface area contributed by atoms with Gasteiger partial charge in [0.05, 0.1) is 24.5 Å². The molecular formula is C33H32F4N8O5. The summed E-state index contributed by atoms with van der Waals surface area (Å²) < 4.78 is 62.1. The van der Waals surface area contributed by atoms with Gasteiger partial charge in [-0.25, -0.2) is 9.37 Å². The molecule has 3 aliphatic rings. The minimum absolute atomic E-state index is 0.119. The second kappa shape index (κ2) is 12.5. The van der Waals surface area contributed by atoms with Crippen LogP contribution in [0.4, 0.5) is 28.9 Å². The van der Waals surface area contributed by atoms with Gasteiger partial charge in [-0.15, -0.1) is 5.10 Å². The van der Waals surface area contributed by atoms with Crippen LogP contribution in [0.5, 0.6) is 5.75 Å². The number of halogens is 4. The molecule has 262 valence electrons. The van der Waals surface area contributed by atoms with Crippen LogP contribution in [0, 0.1) is 12.7 Å². The predicted molar refractivity (Wildman–Crippen MR) is 172 cm³/mol. The largest absolute Gasteiger partial charge is 0.503 e. The monoisotopic (exact) mass is 696 g/mol. The van der Waals surface area contributed by atoms with E-state index < -0.39 is 52.4 Å². The number of ether oxygens (including phenoxy) is 1. The fraction of sp³-hybridized carbons (Fsp3) is 0.394. The molecule has 0 radical (unpaired) electrons. The Hall–Kier alpha value is -5.32. The maximum Gasteiger partial charge on any atom is 0.416 e. The third-order valence-electron chi connectivity index (χ3n) is 9.38. The predicted octanol–water partition coefficient (Wildman–Crippen LogP) is 3.91. The van der Waals surface area contributed by atoms with Gasteiger partial charge in [-0.3, -0.25) is 19.0 Å². The summed E-state index contributed by atoms with van der Waals surface area (Å²) in [6.45, 7) is 4.77. The highest BCUT2D eigenvalue weighted by atomic mass is 19.4. The first-order chi connectivity index (χ1) is 23.8. The molecule has 1 saturated heterocycles. The van der Waals surface area contributed by atoms with E-state index in [4.69, 9.17) is 9.72 Å². The van der Waals surface area contributed by atoms with E-state index in [1.165, 1.54) is 22.4 Å². The van der Waals surface area contributed by atoms with Crippen LogP contribution in [0.2, 0.25) is 0 Å². The fourth-order valence-corrected chi connectivity index (χ4v) is 6.81. The number of piperazine rings is 1. The van der Waals surface area contributed by atoms with Crippen molar-refractivity contribution >= 4 is 34.5 Å². The molecule has 7 rings (SSSR count). The zero-order chi connectivity index (χ0) is 35.5. The lowest BCUT2D eigenvalue weighted by atomic mass is 10.0. The normalized spacial score (nSPS) is 19.4. The minimum Gasteiger partial charge on any atom is -0.503 e. The molecule has 6 heterocycles. The highest BCUT2D eigenvalue weighted by Crippen LogP contribution is 2.42. The first-order valence-electron chi connectivity index (χ1n) is 16.0. The smallest absolute Gasteiger partial charge is 0.416 e. The second-order valence-corrected chi connectivity index (χ2v) is 12.5. The first-order valence-corrected chi connectivity index (χ1v) is 16.0. The maximum atomic E-state index is 14.3. The van der Waals surface area contributed by atoms with Crippen LogP contribution in [0.15, 0.2) is 41.3 Å². The number of aromatic hydroxyl groups is 1. The van der Waals surface area contributed by atoms with E-state index in [0.717, 1.165) is 30.0 Å². The van der Waals surface area contributed by atoms with Crippen LogP contribution in [-0.4, -0.2) is 85.4 Å². The van der Waals surface area contributed by atoms with Gasteiger partial charge in [-0.1, -0.05) is 13.0 Å². The molecule has 2 atom stereocenters. The second-order valence-electron chi connectivity index (χ2n) is 12.5. The molecule has 1 fully saturated rings. The minimum atomic E-state index is -4.54. The van der Waals surface area contributed by atoms with Crippen molar-refractivity contribution in [2.75, 3.05) is 49.6 Å². The Morgan fingerprint density at radius 1 is 1.12 bits per heavy atom. The average molecular weight is 697 g/mol. The number of hydrogen-bond acceptors (Lipinski definition) is 9. The molecule has 0 unspecified atom stereocenters. The van der Waals surface area contributed by atoms with Gasteiger partial charge >= 0.3 is 6.18 Å². The van der Waals surface area contributed by atoms with E-state index in [9.17, 15) is 37.1 Å². The molecule has 0 aliphatic carbocycles.